The molecule has 0 saturated carbocycles. The molecule has 10 heteroatoms. The van der Waals surface area contributed by atoms with Gasteiger partial charge in [0.2, 0.25) is 10.0 Å². The number of carbonyl (C=O) groups is 1. The van der Waals surface area contributed by atoms with Crippen molar-refractivity contribution in [1.82, 2.24) is 9.29 Å². The molecule has 1 aromatic heterocycles. The number of sulfonamides is 1. The van der Waals surface area contributed by atoms with Crippen LogP contribution < -0.4 is 10.1 Å². The molecule has 32 heavy (non-hydrogen) atoms. The molecule has 1 saturated heterocycles. The molecular weight excluding hydrogens is 454 g/mol. The van der Waals surface area contributed by atoms with Crippen molar-refractivity contribution in [3.8, 4) is 11.5 Å². The quantitative estimate of drug-likeness (QED) is 0.547. The second-order valence-electron chi connectivity index (χ2n) is 6.91. The van der Waals surface area contributed by atoms with Gasteiger partial charge in [-0.15, -0.1) is 0 Å². The number of halogens is 1. The third kappa shape index (κ3) is 5.08. The number of morpholine rings is 1. The van der Waals surface area contributed by atoms with E-state index in [1.807, 2.05) is 18.2 Å². The summed E-state index contributed by atoms with van der Waals surface area (Å²) in [5.74, 6) is 0.359. The first-order valence-corrected chi connectivity index (χ1v) is 11.6. The highest BCUT2D eigenvalue weighted by molar-refractivity contribution is 7.89. The zero-order valence-electron chi connectivity index (χ0n) is 16.9. The number of ether oxygens (including phenoxy) is 2. The maximum absolute atomic E-state index is 13.1. The van der Waals surface area contributed by atoms with Crippen LogP contribution >= 0.6 is 11.6 Å². The highest BCUT2D eigenvalue weighted by Crippen LogP contribution is 2.33. The Bertz CT molecular complexity index is 1220. The number of para-hydroxylation sites is 1. The molecule has 0 bridgehead atoms. The van der Waals surface area contributed by atoms with E-state index in [1.165, 1.54) is 40.8 Å². The van der Waals surface area contributed by atoms with Crippen molar-refractivity contribution < 1.29 is 22.7 Å². The molecule has 1 aliphatic rings. The van der Waals surface area contributed by atoms with E-state index in [1.54, 1.807) is 12.1 Å². The van der Waals surface area contributed by atoms with E-state index in [0.717, 1.165) is 0 Å². The van der Waals surface area contributed by atoms with E-state index in [0.29, 0.717) is 24.7 Å². The van der Waals surface area contributed by atoms with Crippen LogP contribution in [0.25, 0.3) is 0 Å². The lowest BCUT2D eigenvalue weighted by molar-refractivity contribution is 0.0730. The van der Waals surface area contributed by atoms with Gasteiger partial charge in [0, 0.05) is 24.8 Å². The average Bonchev–Trinajstić information content (AvgIpc) is 2.81. The standard InChI is InChI=1S/C22H20ClN3O5S/c23-21-14-16(8-9-24-21)22(27)25-19-15-18(32(28,29)26-10-12-30-13-11-26)6-7-20(19)31-17-4-2-1-3-5-17/h1-9,14-15H,10-13H2,(H,25,27). The fourth-order valence-corrected chi connectivity index (χ4v) is 4.75. The van der Waals surface area contributed by atoms with Gasteiger partial charge in [0.1, 0.15) is 10.9 Å². The van der Waals surface area contributed by atoms with Gasteiger partial charge in [0.15, 0.2) is 5.75 Å². The predicted molar refractivity (Wildman–Crippen MR) is 120 cm³/mol. The fraction of sp³-hybridized carbons (Fsp3) is 0.182. The van der Waals surface area contributed by atoms with Crippen LogP contribution in [0.3, 0.4) is 0 Å². The van der Waals surface area contributed by atoms with Gasteiger partial charge in [-0.05, 0) is 42.5 Å². The Balaban J connectivity index is 1.69. The molecular formula is C22H20ClN3O5S. The first kappa shape index (κ1) is 22.2. The first-order valence-electron chi connectivity index (χ1n) is 9.81. The Morgan fingerprint density at radius 2 is 1.81 bits per heavy atom. The molecule has 0 spiro atoms. The number of nitrogens with zero attached hydrogens (tertiary/aromatic N) is 2. The Labute approximate surface area is 190 Å². The van der Waals surface area contributed by atoms with Gasteiger partial charge < -0.3 is 14.8 Å². The lowest BCUT2D eigenvalue weighted by atomic mass is 10.2. The SMILES string of the molecule is O=C(Nc1cc(S(=O)(=O)N2CCOCC2)ccc1Oc1ccccc1)c1ccnc(Cl)c1. The van der Waals surface area contributed by atoms with Crippen molar-refractivity contribution in [1.29, 1.82) is 0 Å². The second-order valence-corrected chi connectivity index (χ2v) is 9.24. The number of nitrogens with one attached hydrogen (secondary N) is 1. The van der Waals surface area contributed by atoms with Gasteiger partial charge in [-0.1, -0.05) is 29.8 Å². The van der Waals surface area contributed by atoms with Crippen LogP contribution in [0.1, 0.15) is 10.4 Å². The molecule has 0 atom stereocenters. The fourth-order valence-electron chi connectivity index (χ4n) is 3.15. The van der Waals surface area contributed by atoms with Crippen molar-refractivity contribution in [2.45, 2.75) is 4.90 Å². The van der Waals surface area contributed by atoms with E-state index in [4.69, 9.17) is 21.1 Å². The largest absolute Gasteiger partial charge is 0.455 e. The smallest absolute Gasteiger partial charge is 0.255 e. The predicted octanol–water partition coefficient (Wildman–Crippen LogP) is 3.80. The maximum atomic E-state index is 13.1. The molecule has 4 rings (SSSR count). The number of rotatable bonds is 6. The Morgan fingerprint density at radius 1 is 1.06 bits per heavy atom. The Kier molecular flexibility index (Phi) is 6.71. The molecule has 2 aromatic carbocycles. The minimum atomic E-state index is -3.77. The minimum Gasteiger partial charge on any atom is -0.455 e. The minimum absolute atomic E-state index is 0.0443. The summed E-state index contributed by atoms with van der Waals surface area (Å²) in [5.41, 5.74) is 0.484. The molecule has 8 nitrogen and oxygen atoms in total. The number of pyridine rings is 1. The number of benzene rings is 2. The third-order valence-corrected chi connectivity index (χ3v) is 6.87. The van der Waals surface area contributed by atoms with Crippen molar-refractivity contribution in [2.24, 2.45) is 0 Å². The summed E-state index contributed by atoms with van der Waals surface area (Å²) in [6, 6.07) is 16.3. The van der Waals surface area contributed by atoms with Gasteiger partial charge in [-0.2, -0.15) is 4.31 Å². The summed E-state index contributed by atoms with van der Waals surface area (Å²) in [6.07, 6.45) is 1.41. The van der Waals surface area contributed by atoms with Gasteiger partial charge in [0.05, 0.1) is 23.8 Å². The number of hydrogen-bond acceptors (Lipinski definition) is 6. The van der Waals surface area contributed by atoms with Gasteiger partial charge >= 0.3 is 0 Å². The van der Waals surface area contributed by atoms with Crippen molar-refractivity contribution in [2.75, 3.05) is 31.6 Å². The van der Waals surface area contributed by atoms with Gasteiger partial charge in [-0.25, -0.2) is 13.4 Å². The number of carbonyl (C=O) groups excluding carboxylic acids is 1. The molecule has 3 aromatic rings. The van der Waals surface area contributed by atoms with Crippen molar-refractivity contribution in [3.63, 3.8) is 0 Å². The molecule has 1 amide bonds. The van der Waals surface area contributed by atoms with E-state index < -0.39 is 15.9 Å². The summed E-state index contributed by atoms with van der Waals surface area (Å²) in [5, 5.41) is 2.90. The summed E-state index contributed by atoms with van der Waals surface area (Å²) in [4.78, 5) is 16.7. The van der Waals surface area contributed by atoms with Crippen molar-refractivity contribution in [3.05, 3.63) is 77.6 Å². The van der Waals surface area contributed by atoms with Gasteiger partial charge in [-0.3, -0.25) is 4.79 Å². The van der Waals surface area contributed by atoms with Crippen LogP contribution in [0, 0.1) is 0 Å². The van der Waals surface area contributed by atoms with Crippen LogP contribution in [0.4, 0.5) is 5.69 Å². The molecule has 0 unspecified atom stereocenters. The van der Waals surface area contributed by atoms with Crippen LogP contribution in [0.5, 0.6) is 11.5 Å². The summed E-state index contributed by atoms with van der Waals surface area (Å²) in [7, 11) is -3.77. The van der Waals surface area contributed by atoms with Gasteiger partial charge in [0.25, 0.3) is 5.91 Å². The van der Waals surface area contributed by atoms with E-state index in [2.05, 4.69) is 10.3 Å². The maximum Gasteiger partial charge on any atom is 0.255 e. The molecule has 166 valence electrons. The normalized spacial score (nSPS) is 14.7. The number of amides is 1. The number of anilines is 1. The van der Waals surface area contributed by atoms with Crippen LogP contribution in [0.2, 0.25) is 5.15 Å². The molecule has 1 fully saturated rings. The van der Waals surface area contributed by atoms with Crippen LogP contribution in [-0.4, -0.2) is 49.9 Å². The monoisotopic (exact) mass is 473 g/mol. The van der Waals surface area contributed by atoms with Crippen LogP contribution in [-0.2, 0) is 14.8 Å². The lowest BCUT2D eigenvalue weighted by Crippen LogP contribution is -2.40. The van der Waals surface area contributed by atoms with E-state index in [-0.39, 0.29) is 34.4 Å². The summed E-state index contributed by atoms with van der Waals surface area (Å²) >= 11 is 5.89. The average molecular weight is 474 g/mol. The summed E-state index contributed by atoms with van der Waals surface area (Å²) < 4.78 is 38.7. The molecule has 0 radical (unpaired) electrons. The number of hydrogen-bond donors (Lipinski definition) is 1. The van der Waals surface area contributed by atoms with Crippen molar-refractivity contribution >= 4 is 33.2 Å². The summed E-state index contributed by atoms with van der Waals surface area (Å²) in [6.45, 7) is 1.20. The molecule has 2 heterocycles. The highest BCUT2D eigenvalue weighted by Gasteiger charge is 2.27. The Morgan fingerprint density at radius 3 is 2.53 bits per heavy atom. The number of aromatic nitrogens is 1. The van der Waals surface area contributed by atoms with E-state index >= 15 is 0 Å². The zero-order valence-corrected chi connectivity index (χ0v) is 18.5. The topological polar surface area (TPSA) is 97.8 Å². The third-order valence-electron chi connectivity index (χ3n) is 4.77. The first-order chi connectivity index (χ1) is 15.4. The molecule has 0 aliphatic carbocycles. The lowest BCUT2D eigenvalue weighted by Gasteiger charge is -2.26. The van der Waals surface area contributed by atoms with E-state index in [9.17, 15) is 13.2 Å². The highest BCUT2D eigenvalue weighted by atomic mass is 35.5. The molecule has 1 N–H and O–H groups in total. The van der Waals surface area contributed by atoms with Crippen LogP contribution in [0.15, 0.2) is 71.8 Å². The second kappa shape index (κ2) is 9.66. The Hall–Kier alpha value is -2.98. The molecule has 1 aliphatic heterocycles. The zero-order chi connectivity index (χ0) is 22.6.